The van der Waals surface area contributed by atoms with E-state index in [9.17, 15) is 0 Å². The Morgan fingerprint density at radius 1 is 0.271 bits per heavy atom. The SMILES string of the molecule is CC1(C)c2ccccc2-c2ccc(N(c3ccc4c(c3)C3(CCC5(CC3)c3ccccc3-c3ccc(-c6ccccc6-c6ccccc6)cc35)c3ccccc3-4)c3ccccc3-c3ccccc3)cc21. The Morgan fingerprint density at radius 3 is 1.21 bits per heavy atom. The third kappa shape index (κ3) is 5.91. The van der Waals surface area contributed by atoms with Crippen molar-refractivity contribution in [1.29, 1.82) is 0 Å². The maximum atomic E-state index is 2.59. The predicted octanol–water partition coefficient (Wildman–Crippen LogP) is 18.3. The summed E-state index contributed by atoms with van der Waals surface area (Å²) in [5.41, 5.74) is 27.7. The fourth-order valence-corrected chi connectivity index (χ4v) is 13.8. The van der Waals surface area contributed by atoms with Gasteiger partial charge in [-0.05, 0) is 157 Å². The smallest absolute Gasteiger partial charge is 0.0540 e. The molecule has 10 aromatic carbocycles. The van der Waals surface area contributed by atoms with Gasteiger partial charge in [-0.15, -0.1) is 0 Å². The van der Waals surface area contributed by atoms with E-state index in [2.05, 4.69) is 255 Å². The summed E-state index contributed by atoms with van der Waals surface area (Å²) in [6.45, 7) is 4.78. The molecule has 0 aliphatic heterocycles. The number of fused-ring (bicyclic) bond motifs is 13. The van der Waals surface area contributed by atoms with E-state index in [-0.39, 0.29) is 16.2 Å². The van der Waals surface area contributed by atoms with Gasteiger partial charge in [0.2, 0.25) is 0 Å². The first-order valence-corrected chi connectivity index (χ1v) is 25.3. The van der Waals surface area contributed by atoms with Crippen LogP contribution in [0.4, 0.5) is 17.1 Å². The van der Waals surface area contributed by atoms with Gasteiger partial charge in [0.05, 0.1) is 5.69 Å². The Labute approximate surface area is 412 Å². The van der Waals surface area contributed by atoms with Gasteiger partial charge in [-0.1, -0.05) is 214 Å². The average molecular weight is 896 g/mol. The Balaban J connectivity index is 0.913. The predicted molar refractivity (Wildman–Crippen MR) is 292 cm³/mol. The molecule has 0 amide bonds. The molecule has 1 fully saturated rings. The first-order chi connectivity index (χ1) is 34.4. The summed E-state index contributed by atoms with van der Waals surface area (Å²) in [6.07, 6.45) is 4.26. The molecular formula is C69H53N. The minimum Gasteiger partial charge on any atom is -0.310 e. The minimum atomic E-state index is -0.130. The van der Waals surface area contributed by atoms with Crippen molar-refractivity contribution in [2.75, 3.05) is 4.90 Å². The maximum absolute atomic E-state index is 2.59. The van der Waals surface area contributed by atoms with Crippen LogP contribution in [0.1, 0.15) is 72.9 Å². The Hall–Kier alpha value is -8.00. The molecule has 0 unspecified atom stereocenters. The van der Waals surface area contributed by atoms with Gasteiger partial charge in [-0.3, -0.25) is 0 Å². The number of hydrogen-bond acceptors (Lipinski definition) is 1. The number of para-hydroxylation sites is 1. The highest BCUT2D eigenvalue weighted by Crippen LogP contribution is 2.64. The summed E-state index contributed by atoms with van der Waals surface area (Å²) in [4.78, 5) is 2.56. The van der Waals surface area contributed by atoms with Crippen molar-refractivity contribution >= 4 is 17.1 Å². The molecular weight excluding hydrogens is 843 g/mol. The first-order valence-electron chi connectivity index (χ1n) is 25.3. The van der Waals surface area contributed by atoms with Crippen molar-refractivity contribution in [3.05, 3.63) is 270 Å². The quantitative estimate of drug-likeness (QED) is 0.161. The van der Waals surface area contributed by atoms with Crippen LogP contribution in [0.3, 0.4) is 0 Å². The molecule has 0 heterocycles. The first kappa shape index (κ1) is 41.0. The van der Waals surface area contributed by atoms with Gasteiger partial charge in [0.25, 0.3) is 0 Å². The lowest BCUT2D eigenvalue weighted by atomic mass is 9.57. The number of rotatable bonds is 6. The van der Waals surface area contributed by atoms with E-state index < -0.39 is 0 Å². The van der Waals surface area contributed by atoms with Crippen LogP contribution in [0, 0.1) is 0 Å². The van der Waals surface area contributed by atoms with E-state index in [1.807, 2.05) is 0 Å². The molecule has 10 aromatic rings. The molecule has 0 aromatic heterocycles. The van der Waals surface area contributed by atoms with Crippen molar-refractivity contribution in [3.8, 4) is 66.8 Å². The molecule has 1 nitrogen and oxygen atoms in total. The average Bonchev–Trinajstić information content (AvgIpc) is 3.94. The number of anilines is 3. The summed E-state index contributed by atoms with van der Waals surface area (Å²) in [5.74, 6) is 0. The molecule has 334 valence electrons. The zero-order valence-electron chi connectivity index (χ0n) is 39.8. The van der Waals surface area contributed by atoms with Gasteiger partial charge in [-0.25, -0.2) is 0 Å². The second kappa shape index (κ2) is 15.5. The molecule has 14 rings (SSSR count). The van der Waals surface area contributed by atoms with Gasteiger partial charge in [0.1, 0.15) is 0 Å². The molecule has 1 heteroatoms. The fraction of sp³-hybridized carbons (Fsp3) is 0.130. The van der Waals surface area contributed by atoms with E-state index in [0.717, 1.165) is 25.7 Å². The van der Waals surface area contributed by atoms with Gasteiger partial charge in [-0.2, -0.15) is 0 Å². The molecule has 2 spiro atoms. The third-order valence-electron chi connectivity index (χ3n) is 17.1. The van der Waals surface area contributed by atoms with Crippen LogP contribution in [0.15, 0.2) is 237 Å². The second-order valence-electron chi connectivity index (χ2n) is 20.8. The molecule has 1 saturated carbocycles. The normalized spacial score (nSPS) is 18.4. The highest BCUT2D eigenvalue weighted by molar-refractivity contribution is 5.93. The standard InChI is InChI=1S/C69H53N/c1-67(2)60-29-15-11-26-54(60)57-37-34-49(44-63(57)67)70(66-32-18-14-25-53(66)47-21-7-4-8-22-47)50-35-38-59-56-28-13-17-31-62(56)69(65(59)45-50)41-39-68(40-42-69)61-30-16-12-27-55(61)58-36-33-48(43-64(58)68)52-24-10-9-23-51(52)46-19-5-3-6-20-46/h3-38,43-45H,39-42H2,1-2H3. The van der Waals surface area contributed by atoms with Crippen molar-refractivity contribution in [3.63, 3.8) is 0 Å². The Kier molecular flexibility index (Phi) is 9.09. The van der Waals surface area contributed by atoms with Gasteiger partial charge in [0, 0.05) is 33.2 Å². The van der Waals surface area contributed by atoms with Crippen LogP contribution in [0.25, 0.3) is 66.8 Å². The summed E-state index contributed by atoms with van der Waals surface area (Å²) in [5, 5.41) is 0. The lowest BCUT2D eigenvalue weighted by molar-refractivity contribution is 0.265. The van der Waals surface area contributed by atoms with E-state index in [0.29, 0.717) is 0 Å². The van der Waals surface area contributed by atoms with Crippen LogP contribution in [0.5, 0.6) is 0 Å². The molecule has 70 heavy (non-hydrogen) atoms. The molecule has 4 aliphatic rings. The number of nitrogens with zero attached hydrogens (tertiary/aromatic N) is 1. The lowest BCUT2D eigenvalue weighted by Crippen LogP contribution is -2.39. The Morgan fingerprint density at radius 2 is 0.643 bits per heavy atom. The highest BCUT2D eigenvalue weighted by Gasteiger charge is 2.53. The molecule has 0 atom stereocenters. The Bertz CT molecular complexity index is 3700. The maximum Gasteiger partial charge on any atom is 0.0540 e. The monoisotopic (exact) mass is 895 g/mol. The summed E-state index contributed by atoms with van der Waals surface area (Å²) in [6, 6.07) is 89.4. The summed E-state index contributed by atoms with van der Waals surface area (Å²) < 4.78 is 0. The zero-order valence-corrected chi connectivity index (χ0v) is 39.8. The lowest BCUT2D eigenvalue weighted by Gasteiger charge is -2.46. The van der Waals surface area contributed by atoms with Gasteiger partial charge in [0.15, 0.2) is 0 Å². The van der Waals surface area contributed by atoms with E-state index >= 15 is 0 Å². The van der Waals surface area contributed by atoms with Crippen molar-refractivity contribution in [2.45, 2.75) is 55.8 Å². The van der Waals surface area contributed by atoms with E-state index in [1.54, 1.807) is 0 Å². The van der Waals surface area contributed by atoms with E-state index in [4.69, 9.17) is 0 Å². The number of hydrogen-bond donors (Lipinski definition) is 0. The largest absolute Gasteiger partial charge is 0.310 e. The van der Waals surface area contributed by atoms with Crippen LogP contribution in [0.2, 0.25) is 0 Å². The van der Waals surface area contributed by atoms with Gasteiger partial charge >= 0.3 is 0 Å². The highest BCUT2D eigenvalue weighted by atomic mass is 15.1. The molecule has 4 aliphatic carbocycles. The van der Waals surface area contributed by atoms with Gasteiger partial charge < -0.3 is 4.90 Å². The van der Waals surface area contributed by atoms with Crippen LogP contribution < -0.4 is 4.90 Å². The van der Waals surface area contributed by atoms with Crippen molar-refractivity contribution < 1.29 is 0 Å². The van der Waals surface area contributed by atoms with Crippen molar-refractivity contribution in [1.82, 2.24) is 0 Å². The summed E-state index contributed by atoms with van der Waals surface area (Å²) >= 11 is 0. The molecule has 0 bridgehead atoms. The van der Waals surface area contributed by atoms with Crippen molar-refractivity contribution in [2.24, 2.45) is 0 Å². The van der Waals surface area contributed by atoms with Crippen LogP contribution in [-0.2, 0) is 16.2 Å². The number of benzene rings is 10. The second-order valence-corrected chi connectivity index (χ2v) is 20.8. The molecule has 0 saturated heterocycles. The van der Waals surface area contributed by atoms with E-state index in [1.165, 1.54) is 117 Å². The third-order valence-corrected chi connectivity index (χ3v) is 17.1. The summed E-state index contributed by atoms with van der Waals surface area (Å²) in [7, 11) is 0. The fourth-order valence-electron chi connectivity index (χ4n) is 13.8. The molecule has 0 radical (unpaired) electrons. The minimum absolute atomic E-state index is 0.0837. The molecule has 0 N–H and O–H groups in total. The van der Waals surface area contributed by atoms with Crippen LogP contribution in [-0.4, -0.2) is 0 Å². The van der Waals surface area contributed by atoms with Crippen LogP contribution >= 0.6 is 0 Å². The zero-order chi connectivity index (χ0) is 46.6. The topological polar surface area (TPSA) is 3.24 Å².